The second kappa shape index (κ2) is 8.52. The van der Waals surface area contributed by atoms with E-state index in [0.717, 1.165) is 59.1 Å². The summed E-state index contributed by atoms with van der Waals surface area (Å²) in [5, 5.41) is 11.0. The second-order valence-electron chi connectivity index (χ2n) is 8.20. The predicted molar refractivity (Wildman–Crippen MR) is 118 cm³/mol. The molecule has 0 saturated carbocycles. The molecule has 2 aromatic heterocycles. The van der Waals surface area contributed by atoms with Crippen molar-refractivity contribution in [3.05, 3.63) is 58.4 Å². The lowest BCUT2D eigenvalue weighted by Gasteiger charge is -2.23. The Bertz CT molecular complexity index is 1090. The molecule has 5 heteroatoms. The molecule has 0 bridgehead atoms. The SMILES string of the molecule is COCCC(C(=O)O)c1c(C)nc2nc3c(cc2c1-c1ccc(C)cc1)CCCC3. The van der Waals surface area contributed by atoms with Gasteiger partial charge in [-0.05, 0) is 74.3 Å². The molecule has 1 aliphatic carbocycles. The molecule has 30 heavy (non-hydrogen) atoms. The van der Waals surface area contributed by atoms with Gasteiger partial charge in [-0.15, -0.1) is 0 Å². The first kappa shape index (κ1) is 20.5. The molecule has 1 aliphatic rings. The molecular weight excluding hydrogens is 376 g/mol. The highest BCUT2D eigenvalue weighted by molar-refractivity contribution is 5.98. The number of pyridine rings is 2. The predicted octanol–water partition coefficient (Wildman–Crippen LogP) is 5.00. The minimum absolute atomic E-state index is 0.379. The van der Waals surface area contributed by atoms with Gasteiger partial charge in [-0.25, -0.2) is 9.97 Å². The maximum Gasteiger partial charge on any atom is 0.311 e. The maximum absolute atomic E-state index is 12.3. The number of aryl methyl sites for hydroxylation is 4. The van der Waals surface area contributed by atoms with E-state index in [1.54, 1.807) is 7.11 Å². The standard InChI is InChI=1S/C25H28N2O3/c1-15-8-10-17(11-9-15)23-20-14-18-6-4-5-7-21(18)27-24(20)26-16(2)22(23)19(25(28)29)12-13-30-3/h8-11,14,19H,4-7,12-13H2,1-3H3,(H,28,29). The van der Waals surface area contributed by atoms with Gasteiger partial charge in [-0.3, -0.25) is 4.79 Å². The molecule has 0 saturated heterocycles. The fourth-order valence-corrected chi connectivity index (χ4v) is 4.52. The highest BCUT2D eigenvalue weighted by atomic mass is 16.5. The third-order valence-electron chi connectivity index (χ3n) is 6.08. The number of hydrogen-bond acceptors (Lipinski definition) is 4. The van der Waals surface area contributed by atoms with Crippen LogP contribution in [0.4, 0.5) is 0 Å². The Kier molecular flexibility index (Phi) is 5.82. The molecule has 1 atom stereocenters. The molecular formula is C25H28N2O3. The number of ether oxygens (including phenoxy) is 1. The molecule has 0 spiro atoms. The lowest BCUT2D eigenvalue weighted by Crippen LogP contribution is -2.18. The van der Waals surface area contributed by atoms with Crippen LogP contribution in [-0.4, -0.2) is 34.8 Å². The summed E-state index contributed by atoms with van der Waals surface area (Å²) in [5.74, 6) is -1.54. The van der Waals surface area contributed by atoms with E-state index in [0.29, 0.717) is 18.7 Å². The number of aromatic nitrogens is 2. The highest BCUT2D eigenvalue weighted by Gasteiger charge is 2.28. The van der Waals surface area contributed by atoms with Crippen LogP contribution in [0, 0.1) is 13.8 Å². The second-order valence-corrected chi connectivity index (χ2v) is 8.20. The van der Waals surface area contributed by atoms with Crippen molar-refractivity contribution in [2.24, 2.45) is 0 Å². The van der Waals surface area contributed by atoms with E-state index >= 15 is 0 Å². The van der Waals surface area contributed by atoms with E-state index in [4.69, 9.17) is 14.7 Å². The Balaban J connectivity index is 2.04. The zero-order chi connectivity index (χ0) is 21.3. The van der Waals surface area contributed by atoms with Crippen LogP contribution >= 0.6 is 0 Å². The van der Waals surface area contributed by atoms with Crippen LogP contribution < -0.4 is 0 Å². The molecule has 2 heterocycles. The third kappa shape index (κ3) is 3.82. The lowest BCUT2D eigenvalue weighted by molar-refractivity contribution is -0.139. The number of aliphatic carboxylic acids is 1. The van der Waals surface area contributed by atoms with Crippen molar-refractivity contribution in [2.45, 2.75) is 51.9 Å². The minimum atomic E-state index is -0.851. The van der Waals surface area contributed by atoms with E-state index < -0.39 is 11.9 Å². The normalized spacial score (nSPS) is 14.5. The Morgan fingerprint density at radius 3 is 2.57 bits per heavy atom. The molecule has 156 valence electrons. The average molecular weight is 405 g/mol. The first-order valence-electron chi connectivity index (χ1n) is 10.6. The fraction of sp³-hybridized carbons (Fsp3) is 0.400. The summed E-state index contributed by atoms with van der Waals surface area (Å²) in [4.78, 5) is 22.0. The Morgan fingerprint density at radius 2 is 1.87 bits per heavy atom. The Morgan fingerprint density at radius 1 is 1.13 bits per heavy atom. The van der Waals surface area contributed by atoms with Crippen molar-refractivity contribution < 1.29 is 14.6 Å². The fourth-order valence-electron chi connectivity index (χ4n) is 4.52. The van der Waals surface area contributed by atoms with Gasteiger partial charge < -0.3 is 9.84 Å². The number of benzene rings is 1. The van der Waals surface area contributed by atoms with Crippen molar-refractivity contribution in [1.82, 2.24) is 9.97 Å². The maximum atomic E-state index is 12.3. The molecule has 0 aliphatic heterocycles. The zero-order valence-corrected chi connectivity index (χ0v) is 17.9. The number of carboxylic acids is 1. The van der Waals surface area contributed by atoms with Crippen molar-refractivity contribution in [1.29, 1.82) is 0 Å². The van der Waals surface area contributed by atoms with E-state index in [1.165, 1.54) is 11.1 Å². The smallest absolute Gasteiger partial charge is 0.311 e. The van der Waals surface area contributed by atoms with E-state index in [9.17, 15) is 9.90 Å². The van der Waals surface area contributed by atoms with E-state index in [-0.39, 0.29) is 0 Å². The van der Waals surface area contributed by atoms with Gasteiger partial charge in [-0.2, -0.15) is 0 Å². The Labute approximate surface area is 177 Å². The third-order valence-corrected chi connectivity index (χ3v) is 6.08. The number of fused-ring (bicyclic) bond motifs is 2. The van der Waals surface area contributed by atoms with Crippen molar-refractivity contribution in [2.75, 3.05) is 13.7 Å². The number of carboxylic acid groups (broad SMARTS) is 1. The molecule has 3 aromatic rings. The van der Waals surface area contributed by atoms with Gasteiger partial charge in [0.15, 0.2) is 5.65 Å². The minimum Gasteiger partial charge on any atom is -0.481 e. The van der Waals surface area contributed by atoms with Crippen molar-refractivity contribution in [3.63, 3.8) is 0 Å². The molecule has 0 fully saturated rings. The van der Waals surface area contributed by atoms with Gasteiger partial charge in [0.1, 0.15) is 0 Å². The highest BCUT2D eigenvalue weighted by Crippen LogP contribution is 2.39. The molecule has 1 unspecified atom stereocenters. The summed E-state index contributed by atoms with van der Waals surface area (Å²) in [6.07, 6.45) is 4.72. The molecule has 4 rings (SSSR count). The summed E-state index contributed by atoms with van der Waals surface area (Å²) in [6, 6.07) is 10.5. The zero-order valence-electron chi connectivity index (χ0n) is 17.9. The first-order valence-corrected chi connectivity index (χ1v) is 10.6. The average Bonchev–Trinajstić information content (AvgIpc) is 2.73. The quantitative estimate of drug-likeness (QED) is 0.626. The summed E-state index contributed by atoms with van der Waals surface area (Å²) in [6.45, 7) is 4.33. The summed E-state index contributed by atoms with van der Waals surface area (Å²) >= 11 is 0. The van der Waals surface area contributed by atoms with E-state index in [2.05, 4.69) is 37.3 Å². The van der Waals surface area contributed by atoms with Gasteiger partial charge in [0.2, 0.25) is 0 Å². The molecule has 5 nitrogen and oxygen atoms in total. The van der Waals surface area contributed by atoms with Crippen LogP contribution in [0.5, 0.6) is 0 Å². The van der Waals surface area contributed by atoms with Crippen LogP contribution in [0.2, 0.25) is 0 Å². The van der Waals surface area contributed by atoms with Crippen LogP contribution in [0.1, 0.15) is 53.3 Å². The number of rotatable bonds is 6. The Hall–Kier alpha value is -2.79. The van der Waals surface area contributed by atoms with Crippen molar-refractivity contribution in [3.8, 4) is 11.1 Å². The molecule has 1 N–H and O–H groups in total. The van der Waals surface area contributed by atoms with Crippen LogP contribution in [0.15, 0.2) is 30.3 Å². The number of nitrogens with zero attached hydrogens (tertiary/aromatic N) is 2. The van der Waals surface area contributed by atoms with Gasteiger partial charge in [0.05, 0.1) is 5.92 Å². The molecule has 1 aromatic carbocycles. The van der Waals surface area contributed by atoms with Crippen molar-refractivity contribution >= 4 is 17.0 Å². The topological polar surface area (TPSA) is 72.3 Å². The van der Waals surface area contributed by atoms with Gasteiger partial charge in [0, 0.05) is 30.5 Å². The van der Waals surface area contributed by atoms with Crippen LogP contribution in [0.3, 0.4) is 0 Å². The molecule has 0 radical (unpaired) electrons. The summed E-state index contributed by atoms with van der Waals surface area (Å²) < 4.78 is 5.21. The van der Waals surface area contributed by atoms with Gasteiger partial charge in [-0.1, -0.05) is 29.8 Å². The molecule has 0 amide bonds. The summed E-state index contributed by atoms with van der Waals surface area (Å²) in [7, 11) is 1.60. The van der Waals surface area contributed by atoms with Gasteiger partial charge in [0.25, 0.3) is 0 Å². The number of carbonyl (C=O) groups is 1. The van der Waals surface area contributed by atoms with E-state index in [1.807, 2.05) is 6.92 Å². The van der Waals surface area contributed by atoms with Crippen LogP contribution in [0.25, 0.3) is 22.2 Å². The van der Waals surface area contributed by atoms with Gasteiger partial charge >= 0.3 is 5.97 Å². The number of methoxy groups -OCH3 is 1. The first-order chi connectivity index (χ1) is 14.5. The van der Waals surface area contributed by atoms with Crippen LogP contribution in [-0.2, 0) is 22.4 Å². The number of hydrogen-bond donors (Lipinski definition) is 1. The lowest BCUT2D eigenvalue weighted by atomic mass is 9.84. The largest absolute Gasteiger partial charge is 0.481 e. The monoisotopic (exact) mass is 404 g/mol. The summed E-state index contributed by atoms with van der Waals surface area (Å²) in [5.41, 5.74) is 7.73.